The van der Waals surface area contributed by atoms with Gasteiger partial charge >= 0.3 is 0 Å². The minimum atomic E-state index is -2.70. The minimum absolute atomic E-state index is 0.324. The highest BCUT2D eigenvalue weighted by Gasteiger charge is 2.16. The van der Waals surface area contributed by atoms with Crippen molar-refractivity contribution in [3.63, 3.8) is 0 Å². The second-order valence-corrected chi connectivity index (χ2v) is 3.27. The Kier molecular flexibility index (Phi) is 3.99. The molecule has 0 heterocycles. The van der Waals surface area contributed by atoms with Crippen LogP contribution in [0.2, 0.25) is 5.02 Å². The lowest BCUT2D eigenvalue weighted by atomic mass is 10.3. The summed E-state index contributed by atoms with van der Waals surface area (Å²) >= 11 is 5.62. The number of halogens is 3. The number of anilines is 1. The second kappa shape index (κ2) is 5.04. The maximum atomic E-state index is 11.9. The van der Waals surface area contributed by atoms with Crippen molar-refractivity contribution in [3.05, 3.63) is 29.3 Å². The minimum Gasteiger partial charge on any atom is -0.273 e. The van der Waals surface area contributed by atoms with Gasteiger partial charge < -0.3 is 0 Å². The van der Waals surface area contributed by atoms with E-state index in [0.717, 1.165) is 0 Å². The molecule has 0 aliphatic carbocycles. The number of rotatable bonds is 3. The Morgan fingerprint density at radius 3 is 2.40 bits per heavy atom. The third kappa shape index (κ3) is 3.45. The van der Waals surface area contributed by atoms with Gasteiger partial charge in [0.1, 0.15) is 0 Å². The summed E-state index contributed by atoms with van der Waals surface area (Å²) in [6, 6.07) is 6.00. The van der Waals surface area contributed by atoms with E-state index in [2.05, 4.69) is 0 Å². The van der Waals surface area contributed by atoms with Gasteiger partial charge in [0.2, 0.25) is 12.3 Å². The first kappa shape index (κ1) is 11.9. The van der Waals surface area contributed by atoms with E-state index < -0.39 is 18.8 Å². The summed E-state index contributed by atoms with van der Waals surface area (Å²) in [5.74, 6) is 4.50. The smallest absolute Gasteiger partial charge is 0.247 e. The lowest BCUT2D eigenvalue weighted by Crippen LogP contribution is -2.38. The van der Waals surface area contributed by atoms with Gasteiger partial charge in [0, 0.05) is 5.02 Å². The summed E-state index contributed by atoms with van der Waals surface area (Å²) < 4.78 is 23.8. The van der Waals surface area contributed by atoms with Gasteiger partial charge in [-0.3, -0.25) is 4.79 Å². The van der Waals surface area contributed by atoms with Crippen LogP contribution in [-0.4, -0.2) is 12.3 Å². The number of amides is 1. The fourth-order valence-corrected chi connectivity index (χ4v) is 1.10. The number of alkyl halides is 2. The number of nitrogens with two attached hydrogens (primary N) is 1. The van der Waals surface area contributed by atoms with Gasteiger partial charge in [-0.25, -0.2) is 19.6 Å². The highest BCUT2D eigenvalue weighted by atomic mass is 35.5. The number of hydrogen-bond donors (Lipinski definition) is 1. The van der Waals surface area contributed by atoms with E-state index in [-0.39, 0.29) is 0 Å². The third-order valence-electron chi connectivity index (χ3n) is 1.70. The summed E-state index contributed by atoms with van der Waals surface area (Å²) in [4.78, 5) is 11.1. The van der Waals surface area contributed by atoms with E-state index in [1.54, 1.807) is 0 Å². The number of carbonyl (C=O) groups excluding carboxylic acids is 1. The molecule has 0 spiro atoms. The van der Waals surface area contributed by atoms with Crippen LogP contribution >= 0.6 is 11.6 Å². The Labute approximate surface area is 90.4 Å². The van der Waals surface area contributed by atoms with E-state index in [1.165, 1.54) is 24.3 Å². The standard InChI is InChI=1S/C9H9ClF2N2O/c10-6-1-3-7(4-2-6)14(13)9(15)5-8(11)12/h1-4,8H,5,13H2. The van der Waals surface area contributed by atoms with Gasteiger partial charge in [-0.1, -0.05) is 11.6 Å². The average Bonchev–Trinajstić information content (AvgIpc) is 2.17. The summed E-state index contributed by atoms with van der Waals surface area (Å²) in [5.41, 5.74) is 0.324. The molecule has 0 saturated carbocycles. The zero-order valence-corrected chi connectivity index (χ0v) is 8.42. The van der Waals surface area contributed by atoms with Crippen molar-refractivity contribution in [2.45, 2.75) is 12.8 Å². The molecule has 1 amide bonds. The molecule has 0 saturated heterocycles. The molecule has 82 valence electrons. The first-order valence-electron chi connectivity index (χ1n) is 4.12. The van der Waals surface area contributed by atoms with E-state index in [9.17, 15) is 13.6 Å². The van der Waals surface area contributed by atoms with Crippen LogP contribution in [0.4, 0.5) is 14.5 Å². The fraction of sp³-hybridized carbons (Fsp3) is 0.222. The third-order valence-corrected chi connectivity index (χ3v) is 1.95. The molecule has 0 bridgehead atoms. The number of hydrazine groups is 1. The van der Waals surface area contributed by atoms with Crippen molar-refractivity contribution < 1.29 is 13.6 Å². The maximum Gasteiger partial charge on any atom is 0.247 e. The summed E-state index contributed by atoms with van der Waals surface area (Å²) in [6.45, 7) is 0. The van der Waals surface area contributed by atoms with Crippen molar-refractivity contribution >= 4 is 23.2 Å². The lowest BCUT2D eigenvalue weighted by Gasteiger charge is -2.16. The van der Waals surface area contributed by atoms with Gasteiger partial charge in [-0.2, -0.15) is 0 Å². The summed E-state index contributed by atoms with van der Waals surface area (Å²) in [5, 5.41) is 1.16. The average molecular weight is 235 g/mol. The molecular weight excluding hydrogens is 226 g/mol. The topological polar surface area (TPSA) is 46.3 Å². The molecule has 0 unspecified atom stereocenters. The number of carbonyl (C=O) groups is 1. The highest BCUT2D eigenvalue weighted by Crippen LogP contribution is 2.16. The Balaban J connectivity index is 2.71. The Morgan fingerprint density at radius 2 is 1.93 bits per heavy atom. The van der Waals surface area contributed by atoms with Crippen molar-refractivity contribution in [1.82, 2.24) is 0 Å². The highest BCUT2D eigenvalue weighted by molar-refractivity contribution is 6.30. The van der Waals surface area contributed by atoms with Crippen LogP contribution in [0.3, 0.4) is 0 Å². The van der Waals surface area contributed by atoms with E-state index >= 15 is 0 Å². The molecule has 1 aromatic carbocycles. The molecule has 0 aliphatic heterocycles. The van der Waals surface area contributed by atoms with Crippen molar-refractivity contribution in [2.24, 2.45) is 5.84 Å². The first-order chi connectivity index (χ1) is 7.00. The van der Waals surface area contributed by atoms with Gasteiger partial charge in [-0.05, 0) is 24.3 Å². The summed E-state index contributed by atoms with van der Waals surface area (Å²) in [7, 11) is 0. The van der Waals surface area contributed by atoms with Gasteiger partial charge in [0.25, 0.3) is 0 Å². The molecular formula is C9H9ClF2N2O. The molecule has 1 aromatic rings. The fourth-order valence-electron chi connectivity index (χ4n) is 0.976. The molecule has 2 N–H and O–H groups in total. The normalized spacial score (nSPS) is 10.5. The largest absolute Gasteiger partial charge is 0.273 e. The molecule has 6 heteroatoms. The molecule has 0 radical (unpaired) electrons. The van der Waals surface area contributed by atoms with E-state index in [4.69, 9.17) is 17.4 Å². The predicted molar refractivity (Wildman–Crippen MR) is 53.7 cm³/mol. The molecule has 0 fully saturated rings. The zero-order valence-electron chi connectivity index (χ0n) is 7.66. The Morgan fingerprint density at radius 1 is 1.40 bits per heavy atom. The van der Waals surface area contributed by atoms with E-state index in [0.29, 0.717) is 15.7 Å². The number of benzene rings is 1. The quantitative estimate of drug-likeness (QED) is 0.495. The van der Waals surface area contributed by atoms with Crippen LogP contribution in [0, 0.1) is 0 Å². The van der Waals surface area contributed by atoms with Crippen LogP contribution < -0.4 is 10.9 Å². The Bertz CT molecular complexity index is 342. The van der Waals surface area contributed by atoms with E-state index in [1.807, 2.05) is 0 Å². The van der Waals surface area contributed by atoms with Crippen molar-refractivity contribution in [2.75, 3.05) is 5.01 Å². The van der Waals surface area contributed by atoms with Gasteiger partial charge in [0.15, 0.2) is 0 Å². The predicted octanol–water partition coefficient (Wildman–Crippen LogP) is 2.20. The van der Waals surface area contributed by atoms with Crippen LogP contribution in [0.25, 0.3) is 0 Å². The number of hydrogen-bond acceptors (Lipinski definition) is 2. The van der Waals surface area contributed by atoms with Gasteiger partial charge in [-0.15, -0.1) is 0 Å². The van der Waals surface area contributed by atoms with Gasteiger partial charge in [0.05, 0.1) is 12.1 Å². The SMILES string of the molecule is NN(C(=O)CC(F)F)c1ccc(Cl)cc1. The molecule has 0 atom stereocenters. The maximum absolute atomic E-state index is 11.9. The molecule has 15 heavy (non-hydrogen) atoms. The summed E-state index contributed by atoms with van der Waals surface area (Å²) in [6.07, 6.45) is -3.59. The lowest BCUT2D eigenvalue weighted by molar-refractivity contribution is -0.121. The Hall–Kier alpha value is -1.20. The van der Waals surface area contributed by atoms with Crippen molar-refractivity contribution in [1.29, 1.82) is 0 Å². The zero-order chi connectivity index (χ0) is 11.4. The van der Waals surface area contributed by atoms with Crippen LogP contribution in [0.15, 0.2) is 24.3 Å². The molecule has 1 rings (SSSR count). The second-order valence-electron chi connectivity index (χ2n) is 2.84. The monoisotopic (exact) mass is 234 g/mol. The number of nitrogens with zero attached hydrogens (tertiary/aromatic N) is 1. The molecule has 3 nitrogen and oxygen atoms in total. The first-order valence-corrected chi connectivity index (χ1v) is 4.50. The van der Waals surface area contributed by atoms with Crippen LogP contribution in [-0.2, 0) is 4.79 Å². The van der Waals surface area contributed by atoms with Crippen LogP contribution in [0.5, 0.6) is 0 Å². The molecule has 0 aliphatic rings. The van der Waals surface area contributed by atoms with Crippen molar-refractivity contribution in [3.8, 4) is 0 Å². The molecule has 0 aromatic heterocycles. The van der Waals surface area contributed by atoms with Crippen LogP contribution in [0.1, 0.15) is 6.42 Å².